The lowest BCUT2D eigenvalue weighted by atomic mass is 10.1. The minimum absolute atomic E-state index is 0.149. The Morgan fingerprint density at radius 1 is 0.800 bits per heavy atom. The number of thioether (sulfide) groups is 1. The lowest BCUT2D eigenvalue weighted by molar-refractivity contribution is -0.385. The fraction of sp³-hybridized carbons (Fsp3) is 0.0571. The molecular weight excluding hydrogens is 588 g/mol. The Morgan fingerprint density at radius 2 is 1.49 bits per heavy atom. The van der Waals surface area contributed by atoms with E-state index in [-0.39, 0.29) is 22.9 Å². The van der Waals surface area contributed by atoms with Crippen molar-refractivity contribution < 1.29 is 19.3 Å². The van der Waals surface area contributed by atoms with Gasteiger partial charge in [-0.1, -0.05) is 72.8 Å². The van der Waals surface area contributed by atoms with E-state index in [1.165, 1.54) is 36.0 Å². The van der Waals surface area contributed by atoms with Crippen LogP contribution in [0.1, 0.15) is 22.8 Å². The number of carbonyl (C=O) groups is 3. The highest BCUT2D eigenvalue weighted by atomic mass is 32.2. The van der Waals surface area contributed by atoms with Crippen LogP contribution in [0.2, 0.25) is 0 Å². The predicted molar refractivity (Wildman–Crippen MR) is 178 cm³/mol. The molecule has 3 N–H and O–H groups in total. The Morgan fingerprint density at radius 3 is 2.29 bits per heavy atom. The van der Waals surface area contributed by atoms with Crippen molar-refractivity contribution in [1.82, 2.24) is 5.32 Å². The summed E-state index contributed by atoms with van der Waals surface area (Å²) < 4.78 is 0. The third kappa shape index (κ3) is 7.81. The highest BCUT2D eigenvalue weighted by Crippen LogP contribution is 2.29. The van der Waals surface area contributed by atoms with Crippen molar-refractivity contribution >= 4 is 63.4 Å². The molecule has 0 radical (unpaired) electrons. The molecule has 5 rings (SSSR count). The van der Waals surface area contributed by atoms with E-state index in [2.05, 4.69) is 16.0 Å². The van der Waals surface area contributed by atoms with Crippen molar-refractivity contribution in [3.8, 4) is 0 Å². The Hall–Kier alpha value is -5.74. The number of fused-ring (bicyclic) bond motifs is 1. The highest BCUT2D eigenvalue weighted by molar-refractivity contribution is 8.00. The van der Waals surface area contributed by atoms with Crippen molar-refractivity contribution in [2.45, 2.75) is 17.1 Å². The molecule has 0 fully saturated rings. The smallest absolute Gasteiger partial charge is 0.276 e. The van der Waals surface area contributed by atoms with Crippen LogP contribution in [0.25, 0.3) is 16.8 Å². The standard InChI is InChI=1S/C35H28N4O5S/c1-23(33(40)37-30-19-9-15-24-11-5-7-18-29(24)30)45-28-17-10-16-27(22-28)36-35(42)31(38-34(41)25-12-3-2-4-13-25)21-26-14-6-8-20-32(26)39(43)44/h2-23H,1H3,(H,36,42)(H,37,40)(H,38,41)/b31-21+. The van der Waals surface area contributed by atoms with Gasteiger partial charge in [0.25, 0.3) is 17.5 Å². The molecule has 0 bridgehead atoms. The maximum atomic E-state index is 13.5. The summed E-state index contributed by atoms with van der Waals surface area (Å²) in [4.78, 5) is 51.3. The minimum atomic E-state index is -0.679. The van der Waals surface area contributed by atoms with Gasteiger partial charge in [-0.2, -0.15) is 0 Å². The predicted octanol–water partition coefficient (Wildman–Crippen LogP) is 7.28. The molecule has 3 amide bonds. The molecule has 0 aliphatic rings. The second kappa shape index (κ2) is 14.2. The maximum Gasteiger partial charge on any atom is 0.276 e. The van der Waals surface area contributed by atoms with Gasteiger partial charge in [0.2, 0.25) is 5.91 Å². The van der Waals surface area contributed by atoms with E-state index in [0.717, 1.165) is 21.4 Å². The van der Waals surface area contributed by atoms with Crippen LogP contribution in [0.5, 0.6) is 0 Å². The van der Waals surface area contributed by atoms with Crippen LogP contribution in [0, 0.1) is 10.1 Å². The molecule has 5 aromatic rings. The Bertz CT molecular complexity index is 1920. The molecule has 0 spiro atoms. The molecule has 0 saturated carbocycles. The topological polar surface area (TPSA) is 130 Å². The van der Waals surface area contributed by atoms with Gasteiger partial charge in [-0.05, 0) is 60.9 Å². The van der Waals surface area contributed by atoms with Crippen molar-refractivity contribution in [2.75, 3.05) is 10.6 Å². The molecule has 5 aromatic carbocycles. The summed E-state index contributed by atoms with van der Waals surface area (Å²) in [5.41, 5.74) is 1.20. The number of benzene rings is 5. The Balaban J connectivity index is 1.33. The molecule has 0 aromatic heterocycles. The van der Waals surface area contributed by atoms with E-state index in [4.69, 9.17) is 0 Å². The number of nitro groups is 1. The van der Waals surface area contributed by atoms with E-state index in [1.54, 1.807) is 61.5 Å². The van der Waals surface area contributed by atoms with Crippen LogP contribution in [0.15, 0.2) is 132 Å². The second-order valence-corrected chi connectivity index (χ2v) is 11.4. The number of nitrogens with zero attached hydrogens (tertiary/aromatic N) is 1. The SMILES string of the molecule is CC(Sc1cccc(NC(=O)/C(=C\c2ccccc2[N+](=O)[O-])NC(=O)c2ccccc2)c1)C(=O)Nc1cccc2ccccc12. The second-order valence-electron chi connectivity index (χ2n) is 9.95. The highest BCUT2D eigenvalue weighted by Gasteiger charge is 2.20. The largest absolute Gasteiger partial charge is 0.325 e. The zero-order valence-electron chi connectivity index (χ0n) is 24.1. The number of rotatable bonds is 10. The van der Waals surface area contributed by atoms with Crippen LogP contribution >= 0.6 is 11.8 Å². The average molecular weight is 617 g/mol. The summed E-state index contributed by atoms with van der Waals surface area (Å²) >= 11 is 1.32. The van der Waals surface area contributed by atoms with Crippen LogP contribution in [0.4, 0.5) is 17.1 Å². The van der Waals surface area contributed by atoms with Crippen LogP contribution < -0.4 is 16.0 Å². The molecular formula is C35H28N4O5S. The van der Waals surface area contributed by atoms with Gasteiger partial charge < -0.3 is 16.0 Å². The van der Waals surface area contributed by atoms with Crippen molar-refractivity contribution in [3.05, 3.63) is 148 Å². The Kier molecular flexibility index (Phi) is 9.66. The van der Waals surface area contributed by atoms with Gasteiger partial charge in [-0.15, -0.1) is 11.8 Å². The van der Waals surface area contributed by atoms with Crippen LogP contribution in [0.3, 0.4) is 0 Å². The molecule has 0 aliphatic heterocycles. The van der Waals surface area contributed by atoms with Crippen molar-refractivity contribution in [2.24, 2.45) is 0 Å². The monoisotopic (exact) mass is 616 g/mol. The number of nitro benzene ring substituents is 1. The molecule has 10 heteroatoms. The number of para-hydroxylation sites is 1. The van der Waals surface area contributed by atoms with E-state index in [9.17, 15) is 24.5 Å². The fourth-order valence-electron chi connectivity index (χ4n) is 4.55. The molecule has 0 heterocycles. The van der Waals surface area contributed by atoms with Gasteiger partial charge in [0.05, 0.1) is 15.7 Å². The minimum Gasteiger partial charge on any atom is -0.325 e. The van der Waals surface area contributed by atoms with Crippen LogP contribution in [-0.2, 0) is 9.59 Å². The van der Waals surface area contributed by atoms with Gasteiger partial charge in [0.15, 0.2) is 0 Å². The first kappa shape index (κ1) is 30.7. The van der Waals surface area contributed by atoms with E-state index in [1.807, 2.05) is 48.5 Å². The lowest BCUT2D eigenvalue weighted by Gasteiger charge is -2.15. The fourth-order valence-corrected chi connectivity index (χ4v) is 5.47. The van der Waals surface area contributed by atoms with Gasteiger partial charge in [0.1, 0.15) is 5.70 Å². The molecule has 0 saturated heterocycles. The lowest BCUT2D eigenvalue weighted by Crippen LogP contribution is -2.30. The third-order valence-electron chi connectivity index (χ3n) is 6.78. The first-order valence-electron chi connectivity index (χ1n) is 14.0. The van der Waals surface area contributed by atoms with Gasteiger partial charge in [-0.25, -0.2) is 0 Å². The normalized spacial score (nSPS) is 11.8. The van der Waals surface area contributed by atoms with E-state index < -0.39 is 22.0 Å². The zero-order valence-corrected chi connectivity index (χ0v) is 24.9. The zero-order chi connectivity index (χ0) is 31.8. The average Bonchev–Trinajstić information content (AvgIpc) is 3.05. The quantitative estimate of drug-likeness (QED) is 0.0654. The van der Waals surface area contributed by atoms with Crippen molar-refractivity contribution in [1.29, 1.82) is 0 Å². The number of hydrogen-bond donors (Lipinski definition) is 3. The number of anilines is 2. The van der Waals surface area contributed by atoms with Gasteiger partial charge >= 0.3 is 0 Å². The number of carbonyl (C=O) groups excluding carboxylic acids is 3. The maximum absolute atomic E-state index is 13.5. The summed E-state index contributed by atoms with van der Waals surface area (Å²) in [6.45, 7) is 1.79. The molecule has 1 atom stereocenters. The number of nitrogens with one attached hydrogen (secondary N) is 3. The van der Waals surface area contributed by atoms with E-state index >= 15 is 0 Å². The van der Waals surface area contributed by atoms with Crippen LogP contribution in [-0.4, -0.2) is 27.9 Å². The first-order valence-corrected chi connectivity index (χ1v) is 14.8. The molecule has 1 unspecified atom stereocenters. The number of amides is 3. The summed E-state index contributed by atoms with van der Waals surface area (Å²) in [6, 6.07) is 34.7. The molecule has 9 nitrogen and oxygen atoms in total. The molecule has 224 valence electrons. The third-order valence-corrected chi connectivity index (χ3v) is 7.88. The summed E-state index contributed by atoms with van der Waals surface area (Å²) in [5.74, 6) is -1.41. The summed E-state index contributed by atoms with van der Waals surface area (Å²) in [6.07, 6.45) is 1.27. The summed E-state index contributed by atoms with van der Waals surface area (Å²) in [5, 5.41) is 21.5. The summed E-state index contributed by atoms with van der Waals surface area (Å²) in [7, 11) is 0. The number of hydrogen-bond acceptors (Lipinski definition) is 6. The molecule has 0 aliphatic carbocycles. The Labute approximate surface area is 263 Å². The van der Waals surface area contributed by atoms with Gasteiger partial charge in [-0.3, -0.25) is 24.5 Å². The van der Waals surface area contributed by atoms with Gasteiger partial charge in [0, 0.05) is 33.3 Å². The molecule has 45 heavy (non-hydrogen) atoms. The van der Waals surface area contributed by atoms with E-state index in [0.29, 0.717) is 11.3 Å². The first-order chi connectivity index (χ1) is 21.8. The van der Waals surface area contributed by atoms with Crippen molar-refractivity contribution in [3.63, 3.8) is 0 Å².